The first-order valence-electron chi connectivity index (χ1n) is 15.3. The summed E-state index contributed by atoms with van der Waals surface area (Å²) >= 11 is 0. The zero-order chi connectivity index (χ0) is 30.0. The fourth-order valence-corrected chi connectivity index (χ4v) is 7.40. The van der Waals surface area contributed by atoms with Gasteiger partial charge in [-0.15, -0.1) is 16.6 Å². The summed E-state index contributed by atoms with van der Waals surface area (Å²) in [7, 11) is 2.04. The van der Waals surface area contributed by atoms with Crippen LogP contribution in [0.4, 0.5) is 5.69 Å². The maximum absolute atomic E-state index is 4.78. The van der Waals surface area contributed by atoms with Gasteiger partial charge in [-0.2, -0.15) is 54.7 Å². The maximum Gasteiger partial charge on any atom is 0.135 e. The summed E-state index contributed by atoms with van der Waals surface area (Å²) in [5.74, 6) is 0.888. The van der Waals surface area contributed by atoms with E-state index in [1.54, 1.807) is 0 Å². The third-order valence-electron chi connectivity index (χ3n) is 9.33. The first-order chi connectivity index (χ1) is 22.2. The van der Waals surface area contributed by atoms with E-state index in [1.165, 1.54) is 33.0 Å². The van der Waals surface area contributed by atoms with Gasteiger partial charge in [0.2, 0.25) is 0 Å². The SMILES string of the molecule is CN1C=CN(c2[c-]c(CC3(c4[c-]c5c(cc4)c4ccccc4n5-c4ccccn4)c4ccccc4-c4ccccc43)ccc2)[CH-]1.[Pt]. The second kappa shape index (κ2) is 11.2. The minimum atomic E-state index is -0.469. The molecule has 1 aliphatic carbocycles. The van der Waals surface area contributed by atoms with Gasteiger partial charge in [0.1, 0.15) is 5.82 Å². The first-order valence-corrected chi connectivity index (χ1v) is 15.3. The predicted octanol–water partition coefficient (Wildman–Crippen LogP) is 8.68. The summed E-state index contributed by atoms with van der Waals surface area (Å²) in [5, 5.41) is 2.37. The molecule has 7 aromatic rings. The molecule has 46 heavy (non-hydrogen) atoms. The summed E-state index contributed by atoms with van der Waals surface area (Å²) in [6.07, 6.45) is 6.73. The largest absolute Gasteiger partial charge is 0.510 e. The van der Waals surface area contributed by atoms with Gasteiger partial charge in [-0.1, -0.05) is 78.3 Å². The van der Waals surface area contributed by atoms with Gasteiger partial charge < -0.3 is 14.4 Å². The smallest absolute Gasteiger partial charge is 0.135 e. The van der Waals surface area contributed by atoms with Gasteiger partial charge in [0.05, 0.1) is 0 Å². The van der Waals surface area contributed by atoms with Crippen LogP contribution >= 0.6 is 0 Å². The van der Waals surface area contributed by atoms with Crippen LogP contribution in [-0.2, 0) is 32.9 Å². The average Bonchev–Trinajstić information content (AvgIpc) is 3.76. The third kappa shape index (κ3) is 4.28. The Kier molecular flexibility index (Phi) is 6.92. The number of rotatable bonds is 5. The Balaban J connectivity index is 0.00000312. The molecule has 0 N–H and O–H groups in total. The van der Waals surface area contributed by atoms with E-state index in [9.17, 15) is 0 Å². The Morgan fingerprint density at radius 3 is 2.17 bits per heavy atom. The van der Waals surface area contributed by atoms with Crippen molar-refractivity contribution < 1.29 is 21.1 Å². The monoisotopic (exact) mass is 772 g/mol. The van der Waals surface area contributed by atoms with Crippen molar-refractivity contribution in [3.8, 4) is 16.9 Å². The van der Waals surface area contributed by atoms with Crippen LogP contribution in [0.3, 0.4) is 0 Å². The van der Waals surface area contributed by atoms with Crippen LogP contribution in [0.2, 0.25) is 0 Å². The van der Waals surface area contributed by atoms with Gasteiger partial charge in [0, 0.05) is 38.2 Å². The zero-order valence-electron chi connectivity index (χ0n) is 25.2. The Bertz CT molecular complexity index is 2220. The predicted molar refractivity (Wildman–Crippen MR) is 182 cm³/mol. The summed E-state index contributed by atoms with van der Waals surface area (Å²) in [4.78, 5) is 8.95. The minimum Gasteiger partial charge on any atom is -0.510 e. The molecule has 0 fully saturated rings. The van der Waals surface area contributed by atoms with Crippen LogP contribution in [0.1, 0.15) is 22.3 Å². The molecular weight excluding hydrogens is 744 g/mol. The van der Waals surface area contributed by atoms with Crippen LogP contribution in [0.25, 0.3) is 38.8 Å². The van der Waals surface area contributed by atoms with Crippen molar-refractivity contribution in [2.24, 2.45) is 0 Å². The van der Waals surface area contributed by atoms with Gasteiger partial charge in [-0.3, -0.25) is 0 Å². The van der Waals surface area contributed by atoms with Crippen LogP contribution in [0, 0.1) is 18.8 Å². The van der Waals surface area contributed by atoms with Crippen LogP contribution < -0.4 is 4.90 Å². The molecule has 9 rings (SSSR count). The van der Waals surface area contributed by atoms with Gasteiger partial charge >= 0.3 is 0 Å². The molecule has 1 aliphatic heterocycles. The van der Waals surface area contributed by atoms with Crippen molar-refractivity contribution in [2.75, 3.05) is 11.9 Å². The minimum absolute atomic E-state index is 0. The van der Waals surface area contributed by atoms with Gasteiger partial charge in [-0.25, -0.2) is 4.98 Å². The zero-order valence-corrected chi connectivity index (χ0v) is 27.4. The molecule has 0 spiro atoms. The Morgan fingerprint density at radius 2 is 1.43 bits per heavy atom. The van der Waals surface area contributed by atoms with E-state index < -0.39 is 5.41 Å². The molecule has 2 aliphatic rings. The first kappa shape index (κ1) is 28.5. The Labute approximate surface area is 283 Å². The topological polar surface area (TPSA) is 24.3 Å². The number of aromatic nitrogens is 2. The molecule has 5 aromatic carbocycles. The van der Waals surface area contributed by atoms with Crippen LogP contribution in [0.15, 0.2) is 140 Å². The number of fused-ring (bicyclic) bond motifs is 6. The molecule has 0 amide bonds. The van der Waals surface area contributed by atoms with E-state index in [0.717, 1.165) is 40.1 Å². The van der Waals surface area contributed by atoms with E-state index in [1.807, 2.05) is 25.4 Å². The normalized spacial score (nSPS) is 14.5. The summed E-state index contributed by atoms with van der Waals surface area (Å²) in [6.45, 7) is 2.07. The van der Waals surface area contributed by atoms with E-state index in [-0.39, 0.29) is 21.1 Å². The maximum atomic E-state index is 4.78. The number of anilines is 1. The van der Waals surface area contributed by atoms with Crippen molar-refractivity contribution >= 4 is 27.5 Å². The molecule has 0 atom stereocenters. The number of nitrogens with zero attached hydrogens (tertiary/aromatic N) is 4. The number of benzene rings is 5. The summed E-state index contributed by atoms with van der Waals surface area (Å²) in [5.41, 5.74) is 10.2. The van der Waals surface area contributed by atoms with Gasteiger partial charge in [0.25, 0.3) is 0 Å². The molecule has 0 saturated heterocycles. The second-order valence-corrected chi connectivity index (χ2v) is 11.9. The fourth-order valence-electron chi connectivity index (χ4n) is 7.40. The molecule has 3 heterocycles. The molecule has 4 nitrogen and oxygen atoms in total. The Hall–Kier alpha value is -4.92. The van der Waals surface area contributed by atoms with E-state index in [2.05, 4.69) is 155 Å². The quantitative estimate of drug-likeness (QED) is 0.164. The van der Waals surface area contributed by atoms with Crippen molar-refractivity contribution in [3.63, 3.8) is 0 Å². The molecule has 0 saturated carbocycles. The Morgan fingerprint density at radius 1 is 0.696 bits per heavy atom. The second-order valence-electron chi connectivity index (χ2n) is 11.9. The summed E-state index contributed by atoms with van der Waals surface area (Å²) in [6, 6.07) is 51.3. The standard InChI is InChI=1S/C41H29N4.Pt/c1-43-23-24-44(28-43)31-12-10-11-29(25-31)27-41(36-16-5-2-13-32(36)33-14-3-6-17-37(33)41)30-20-21-35-34-15-4-7-18-38(34)45(39(35)26-30)40-19-8-9-22-42-40;/h2-24,28H,27H2,1H3;/q-3;. The molecule has 5 heteroatoms. The van der Waals surface area contributed by atoms with E-state index >= 15 is 0 Å². The molecule has 0 unspecified atom stereocenters. The van der Waals surface area contributed by atoms with Crippen molar-refractivity contribution in [2.45, 2.75) is 11.8 Å². The number of para-hydroxylation sites is 1. The van der Waals surface area contributed by atoms with E-state index in [4.69, 9.17) is 4.98 Å². The van der Waals surface area contributed by atoms with Crippen molar-refractivity contribution in [1.82, 2.24) is 14.5 Å². The van der Waals surface area contributed by atoms with Crippen molar-refractivity contribution in [3.05, 3.63) is 181 Å². The molecule has 0 bridgehead atoms. The van der Waals surface area contributed by atoms with Crippen LogP contribution in [-0.4, -0.2) is 21.5 Å². The van der Waals surface area contributed by atoms with Crippen LogP contribution in [0.5, 0.6) is 0 Å². The average molecular weight is 773 g/mol. The molecular formula is C41H29N4Pt-3. The van der Waals surface area contributed by atoms with Gasteiger partial charge in [0.15, 0.2) is 0 Å². The fraction of sp³-hybridized carbons (Fsp3) is 0.0732. The van der Waals surface area contributed by atoms with Crippen molar-refractivity contribution in [1.29, 1.82) is 0 Å². The molecule has 226 valence electrons. The number of pyridine rings is 1. The number of hydrogen-bond acceptors (Lipinski definition) is 3. The third-order valence-corrected chi connectivity index (χ3v) is 9.33. The molecule has 2 aromatic heterocycles. The van der Waals surface area contributed by atoms with E-state index in [0.29, 0.717) is 0 Å². The molecule has 0 radical (unpaired) electrons. The number of hydrogen-bond donors (Lipinski definition) is 0. The van der Waals surface area contributed by atoms with Gasteiger partial charge in [-0.05, 0) is 71.7 Å². The summed E-state index contributed by atoms with van der Waals surface area (Å²) < 4.78 is 2.26.